The van der Waals surface area contributed by atoms with Gasteiger partial charge in [-0.05, 0) is 38.1 Å². The lowest BCUT2D eigenvalue weighted by molar-refractivity contribution is 0.536. The first-order valence-corrected chi connectivity index (χ1v) is 7.62. The summed E-state index contributed by atoms with van der Waals surface area (Å²) in [6.45, 7) is 6.68. The molecule has 0 aliphatic carbocycles. The van der Waals surface area contributed by atoms with E-state index in [0.717, 1.165) is 6.54 Å². The number of nitriles is 1. The van der Waals surface area contributed by atoms with Crippen molar-refractivity contribution in [3.8, 4) is 6.07 Å². The van der Waals surface area contributed by atoms with Gasteiger partial charge in [0.2, 0.25) is 10.0 Å². The summed E-state index contributed by atoms with van der Waals surface area (Å²) in [4.78, 5) is 0.162. The number of benzene rings is 1. The zero-order chi connectivity index (χ0) is 14.5. The minimum Gasteiger partial charge on any atom is -0.313 e. The molecule has 20 heavy (non-hydrogen) atoms. The number of hydrogen-bond donors (Lipinski definition) is 2. The predicted molar refractivity (Wildman–Crippen MR) is 81.5 cm³/mol. The Balaban J connectivity index is 0.00000361. The fraction of sp³-hybridized carbons (Fsp3) is 0.462. The number of nitrogens with one attached hydrogen (secondary N) is 2. The normalized spacial score (nSPS) is 12.3. The lowest BCUT2D eigenvalue weighted by Crippen LogP contribution is -2.38. The number of nitrogens with zero attached hydrogens (tertiary/aromatic N) is 1. The molecule has 0 aliphatic rings. The zero-order valence-corrected chi connectivity index (χ0v) is 13.4. The number of aryl methyl sites for hydroxylation is 1. The van der Waals surface area contributed by atoms with Gasteiger partial charge < -0.3 is 5.32 Å². The molecule has 0 unspecified atom stereocenters. The van der Waals surface area contributed by atoms with Crippen LogP contribution in [0.5, 0.6) is 0 Å². The van der Waals surface area contributed by atoms with Crippen molar-refractivity contribution in [2.45, 2.75) is 31.7 Å². The van der Waals surface area contributed by atoms with Crippen LogP contribution in [0.2, 0.25) is 0 Å². The number of hydrogen-bond acceptors (Lipinski definition) is 4. The van der Waals surface area contributed by atoms with Crippen molar-refractivity contribution in [2.75, 3.05) is 13.1 Å². The first-order valence-electron chi connectivity index (χ1n) is 6.14. The van der Waals surface area contributed by atoms with Gasteiger partial charge in [-0.2, -0.15) is 5.26 Å². The highest BCUT2D eigenvalue weighted by Gasteiger charge is 2.17. The first-order chi connectivity index (χ1) is 8.90. The minimum atomic E-state index is -3.58. The fourth-order valence-electron chi connectivity index (χ4n) is 1.69. The van der Waals surface area contributed by atoms with Gasteiger partial charge in [0.15, 0.2) is 0 Å². The summed E-state index contributed by atoms with van der Waals surface area (Å²) in [5.41, 5.74) is 0.966. The van der Waals surface area contributed by atoms with Gasteiger partial charge in [0.25, 0.3) is 0 Å². The van der Waals surface area contributed by atoms with E-state index in [0.29, 0.717) is 17.7 Å². The summed E-state index contributed by atoms with van der Waals surface area (Å²) < 4.78 is 26.9. The Morgan fingerprint density at radius 3 is 2.60 bits per heavy atom. The van der Waals surface area contributed by atoms with Gasteiger partial charge in [-0.3, -0.25) is 0 Å². The van der Waals surface area contributed by atoms with E-state index in [-0.39, 0.29) is 23.3 Å². The maximum absolute atomic E-state index is 12.2. The van der Waals surface area contributed by atoms with Crippen LogP contribution >= 0.6 is 12.4 Å². The molecule has 0 bridgehead atoms. The minimum absolute atomic E-state index is 0. The summed E-state index contributed by atoms with van der Waals surface area (Å²) in [7, 11) is -3.58. The summed E-state index contributed by atoms with van der Waals surface area (Å²) in [5.74, 6) is 0. The second kappa shape index (κ2) is 8.22. The van der Waals surface area contributed by atoms with Crippen molar-refractivity contribution < 1.29 is 8.42 Å². The Labute approximate surface area is 126 Å². The highest BCUT2D eigenvalue weighted by molar-refractivity contribution is 7.89. The quantitative estimate of drug-likeness (QED) is 0.834. The molecule has 1 aromatic carbocycles. The van der Waals surface area contributed by atoms with Crippen LogP contribution in [0.3, 0.4) is 0 Å². The third-order valence-corrected chi connectivity index (χ3v) is 4.30. The Bertz CT molecular complexity index is 582. The molecule has 1 aromatic rings. The smallest absolute Gasteiger partial charge is 0.240 e. The molecule has 112 valence electrons. The van der Waals surface area contributed by atoms with Gasteiger partial charge in [0, 0.05) is 12.6 Å². The van der Waals surface area contributed by atoms with Crippen LogP contribution in [-0.4, -0.2) is 27.5 Å². The molecule has 0 fully saturated rings. The van der Waals surface area contributed by atoms with Crippen molar-refractivity contribution in [1.82, 2.24) is 10.0 Å². The van der Waals surface area contributed by atoms with E-state index in [1.807, 2.05) is 19.9 Å². The first kappa shape index (κ1) is 18.9. The van der Waals surface area contributed by atoms with Gasteiger partial charge in [-0.15, -0.1) is 12.4 Å². The van der Waals surface area contributed by atoms with E-state index < -0.39 is 10.0 Å². The van der Waals surface area contributed by atoms with Crippen LogP contribution in [0.1, 0.15) is 25.0 Å². The van der Waals surface area contributed by atoms with Gasteiger partial charge in [-0.1, -0.05) is 13.0 Å². The molecule has 1 atom stereocenters. The number of likely N-dealkylation sites (N-methyl/N-ethyl adjacent to an activating group) is 1. The summed E-state index contributed by atoms with van der Waals surface area (Å²) >= 11 is 0. The van der Waals surface area contributed by atoms with Crippen LogP contribution in [0, 0.1) is 18.3 Å². The maximum atomic E-state index is 12.2. The Morgan fingerprint density at radius 1 is 1.40 bits per heavy atom. The van der Waals surface area contributed by atoms with Crippen molar-refractivity contribution in [3.05, 3.63) is 29.3 Å². The number of halogens is 1. The molecule has 0 saturated heterocycles. The average Bonchev–Trinajstić information content (AvgIpc) is 2.37. The van der Waals surface area contributed by atoms with Crippen LogP contribution in [0.25, 0.3) is 0 Å². The second-order valence-electron chi connectivity index (χ2n) is 4.40. The SMILES string of the molecule is CCN[C@H](C)CNS(=O)(=O)c1cc(C#N)ccc1C.Cl. The molecule has 0 radical (unpaired) electrons. The van der Waals surface area contributed by atoms with E-state index in [1.54, 1.807) is 19.1 Å². The lowest BCUT2D eigenvalue weighted by atomic mass is 10.2. The molecule has 0 saturated carbocycles. The molecular formula is C13H20ClN3O2S. The Morgan fingerprint density at radius 2 is 2.05 bits per heavy atom. The topological polar surface area (TPSA) is 82.0 Å². The van der Waals surface area contributed by atoms with Crippen molar-refractivity contribution in [1.29, 1.82) is 5.26 Å². The van der Waals surface area contributed by atoms with E-state index in [2.05, 4.69) is 10.0 Å². The summed E-state index contributed by atoms with van der Waals surface area (Å²) in [6.07, 6.45) is 0. The molecule has 0 aromatic heterocycles. The van der Waals surface area contributed by atoms with E-state index in [1.165, 1.54) is 6.07 Å². The van der Waals surface area contributed by atoms with E-state index in [4.69, 9.17) is 5.26 Å². The molecule has 0 aliphatic heterocycles. The van der Waals surface area contributed by atoms with Crippen LogP contribution in [0.4, 0.5) is 0 Å². The zero-order valence-electron chi connectivity index (χ0n) is 11.8. The van der Waals surface area contributed by atoms with Crippen molar-refractivity contribution in [3.63, 3.8) is 0 Å². The van der Waals surface area contributed by atoms with E-state index in [9.17, 15) is 8.42 Å². The largest absolute Gasteiger partial charge is 0.313 e. The second-order valence-corrected chi connectivity index (χ2v) is 6.14. The highest BCUT2D eigenvalue weighted by atomic mass is 35.5. The summed E-state index contributed by atoms with van der Waals surface area (Å²) in [6, 6.07) is 6.65. The lowest BCUT2D eigenvalue weighted by Gasteiger charge is -2.14. The average molecular weight is 318 g/mol. The molecule has 5 nitrogen and oxygen atoms in total. The molecule has 0 heterocycles. The van der Waals surface area contributed by atoms with Crippen LogP contribution < -0.4 is 10.0 Å². The Kier molecular flexibility index (Phi) is 7.76. The van der Waals surface area contributed by atoms with Gasteiger partial charge in [-0.25, -0.2) is 13.1 Å². The van der Waals surface area contributed by atoms with Crippen molar-refractivity contribution >= 4 is 22.4 Å². The molecular weight excluding hydrogens is 298 g/mol. The molecule has 7 heteroatoms. The number of rotatable bonds is 6. The third kappa shape index (κ3) is 5.10. The van der Waals surface area contributed by atoms with Crippen LogP contribution in [0.15, 0.2) is 23.1 Å². The molecule has 0 amide bonds. The molecule has 0 spiro atoms. The Hall–Kier alpha value is -1.13. The third-order valence-electron chi connectivity index (χ3n) is 2.74. The maximum Gasteiger partial charge on any atom is 0.240 e. The predicted octanol–water partition coefficient (Wildman–Crippen LogP) is 1.56. The van der Waals surface area contributed by atoms with Crippen molar-refractivity contribution in [2.24, 2.45) is 0 Å². The molecule has 2 N–H and O–H groups in total. The monoisotopic (exact) mass is 317 g/mol. The van der Waals surface area contributed by atoms with Gasteiger partial charge >= 0.3 is 0 Å². The summed E-state index contributed by atoms with van der Waals surface area (Å²) in [5, 5.41) is 12.0. The number of sulfonamides is 1. The standard InChI is InChI=1S/C13H19N3O2S.ClH/c1-4-15-11(3)9-16-19(17,18)13-7-12(8-14)6-5-10(13)2;/h5-7,11,15-16H,4,9H2,1-3H3;1H/t11-;/m1./s1. The fourth-order valence-corrected chi connectivity index (χ4v) is 3.09. The van der Waals surface area contributed by atoms with Gasteiger partial charge in [0.1, 0.15) is 0 Å². The van der Waals surface area contributed by atoms with Gasteiger partial charge in [0.05, 0.1) is 16.5 Å². The van der Waals surface area contributed by atoms with E-state index >= 15 is 0 Å². The van der Waals surface area contributed by atoms with Crippen LogP contribution in [-0.2, 0) is 10.0 Å². The highest BCUT2D eigenvalue weighted by Crippen LogP contribution is 2.16. The molecule has 1 rings (SSSR count).